The third kappa shape index (κ3) is 2.94. The highest BCUT2D eigenvalue weighted by Gasteiger charge is 2.17. The zero-order valence-corrected chi connectivity index (χ0v) is 12.1. The van der Waals surface area contributed by atoms with E-state index >= 15 is 0 Å². The van der Waals surface area contributed by atoms with Gasteiger partial charge in [0.1, 0.15) is 10.8 Å². The van der Waals surface area contributed by atoms with Crippen molar-refractivity contribution >= 4 is 23.0 Å². The van der Waals surface area contributed by atoms with Gasteiger partial charge in [-0.05, 0) is 38.8 Å². The summed E-state index contributed by atoms with van der Waals surface area (Å²) in [5.41, 5.74) is 8.79. The van der Waals surface area contributed by atoms with E-state index < -0.39 is 0 Å². The highest BCUT2D eigenvalue weighted by molar-refractivity contribution is 7.80. The smallest absolute Gasteiger partial charge is 0.139 e. The number of anilines is 1. The van der Waals surface area contributed by atoms with Crippen LogP contribution in [0.15, 0.2) is 6.07 Å². The molecule has 1 heterocycles. The molecule has 1 rings (SSSR count). The molecule has 0 radical (unpaired) electrons. The molecule has 0 saturated heterocycles. The molecule has 0 bridgehead atoms. The fourth-order valence-electron chi connectivity index (χ4n) is 1.86. The van der Waals surface area contributed by atoms with E-state index in [0.717, 1.165) is 29.1 Å². The topological polar surface area (TPSA) is 42.2 Å². The average molecular weight is 251 g/mol. The highest BCUT2D eigenvalue weighted by Crippen LogP contribution is 2.23. The van der Waals surface area contributed by atoms with E-state index in [1.807, 2.05) is 27.0 Å². The quantitative estimate of drug-likeness (QED) is 0.835. The number of nitrogens with two attached hydrogens (primary N) is 1. The SMILES string of the molecule is CCC(C)N(C)c1nc(C)cc(C)c1C(N)=S. The maximum absolute atomic E-state index is 5.81. The van der Waals surface area contributed by atoms with Gasteiger partial charge in [0.2, 0.25) is 0 Å². The van der Waals surface area contributed by atoms with Crippen molar-refractivity contribution in [3.8, 4) is 0 Å². The van der Waals surface area contributed by atoms with E-state index in [1.54, 1.807) is 0 Å². The lowest BCUT2D eigenvalue weighted by Gasteiger charge is -2.28. The fraction of sp³-hybridized carbons (Fsp3) is 0.538. The molecule has 0 amide bonds. The molecule has 1 aromatic heterocycles. The second-order valence-corrected chi connectivity index (χ2v) is 4.95. The van der Waals surface area contributed by atoms with Gasteiger partial charge in [-0.3, -0.25) is 0 Å². The van der Waals surface area contributed by atoms with Gasteiger partial charge >= 0.3 is 0 Å². The average Bonchev–Trinajstić information content (AvgIpc) is 2.25. The third-order valence-corrected chi connectivity index (χ3v) is 3.36. The summed E-state index contributed by atoms with van der Waals surface area (Å²) in [4.78, 5) is 7.15. The third-order valence-electron chi connectivity index (χ3n) is 3.16. The minimum absolute atomic E-state index is 0.414. The second kappa shape index (κ2) is 5.45. The summed E-state index contributed by atoms with van der Waals surface area (Å²) in [7, 11) is 2.04. The lowest BCUT2D eigenvalue weighted by atomic mass is 10.1. The van der Waals surface area contributed by atoms with Crippen LogP contribution in [-0.4, -0.2) is 23.1 Å². The van der Waals surface area contributed by atoms with Gasteiger partial charge in [-0.1, -0.05) is 19.1 Å². The van der Waals surface area contributed by atoms with Crippen molar-refractivity contribution in [2.45, 2.75) is 40.2 Å². The van der Waals surface area contributed by atoms with Crippen LogP contribution in [0.4, 0.5) is 5.82 Å². The minimum atomic E-state index is 0.414. The zero-order valence-electron chi connectivity index (χ0n) is 11.2. The Hall–Kier alpha value is -1.16. The number of thiocarbonyl (C=S) groups is 1. The van der Waals surface area contributed by atoms with Crippen molar-refractivity contribution in [3.05, 3.63) is 22.9 Å². The molecule has 0 aliphatic rings. The number of nitrogens with zero attached hydrogens (tertiary/aromatic N) is 2. The first-order valence-corrected chi connectivity index (χ1v) is 6.30. The monoisotopic (exact) mass is 251 g/mol. The van der Waals surface area contributed by atoms with Gasteiger partial charge in [0.25, 0.3) is 0 Å². The molecule has 3 nitrogen and oxygen atoms in total. The van der Waals surface area contributed by atoms with Crippen LogP contribution in [0.25, 0.3) is 0 Å². The number of rotatable bonds is 4. The lowest BCUT2D eigenvalue weighted by molar-refractivity contribution is 0.655. The largest absolute Gasteiger partial charge is 0.389 e. The van der Waals surface area contributed by atoms with Crippen molar-refractivity contribution < 1.29 is 0 Å². The van der Waals surface area contributed by atoms with Gasteiger partial charge in [-0.25, -0.2) is 4.98 Å². The van der Waals surface area contributed by atoms with Crippen LogP contribution in [0.5, 0.6) is 0 Å². The molecule has 0 saturated carbocycles. The number of aromatic nitrogens is 1. The van der Waals surface area contributed by atoms with Crippen LogP contribution >= 0.6 is 12.2 Å². The van der Waals surface area contributed by atoms with E-state index in [9.17, 15) is 0 Å². The standard InChI is InChI=1S/C13H21N3S/c1-6-10(4)16(5)13-11(12(14)17)8(2)7-9(3)15-13/h7,10H,6H2,1-5H3,(H2,14,17). The molecule has 2 N–H and O–H groups in total. The molecule has 4 heteroatoms. The van der Waals surface area contributed by atoms with Crippen LogP contribution in [-0.2, 0) is 0 Å². The van der Waals surface area contributed by atoms with Gasteiger partial charge < -0.3 is 10.6 Å². The van der Waals surface area contributed by atoms with Gasteiger partial charge in [0.15, 0.2) is 0 Å². The number of pyridine rings is 1. The van der Waals surface area contributed by atoms with Gasteiger partial charge in [-0.15, -0.1) is 0 Å². The Balaban J connectivity index is 3.35. The number of aryl methyl sites for hydroxylation is 2. The van der Waals surface area contributed by atoms with Crippen molar-refractivity contribution in [1.29, 1.82) is 0 Å². The molecule has 0 aromatic carbocycles. The van der Waals surface area contributed by atoms with E-state index in [1.165, 1.54) is 0 Å². The Morgan fingerprint density at radius 3 is 2.59 bits per heavy atom. The van der Waals surface area contributed by atoms with Gasteiger partial charge in [0, 0.05) is 18.8 Å². The molecule has 1 atom stereocenters. The summed E-state index contributed by atoms with van der Waals surface area (Å²) in [5, 5.41) is 0. The van der Waals surface area contributed by atoms with E-state index in [4.69, 9.17) is 18.0 Å². The summed E-state index contributed by atoms with van der Waals surface area (Å²) in [6.07, 6.45) is 1.06. The molecule has 17 heavy (non-hydrogen) atoms. The van der Waals surface area contributed by atoms with Crippen LogP contribution < -0.4 is 10.6 Å². The molecular weight excluding hydrogens is 230 g/mol. The van der Waals surface area contributed by atoms with Crippen molar-refractivity contribution in [2.24, 2.45) is 5.73 Å². The number of hydrogen-bond donors (Lipinski definition) is 1. The maximum atomic E-state index is 5.81. The summed E-state index contributed by atoms with van der Waals surface area (Å²) in [6.45, 7) is 8.34. The first kappa shape index (κ1) is 13.9. The maximum Gasteiger partial charge on any atom is 0.139 e. The molecule has 1 unspecified atom stereocenters. The Morgan fingerprint density at radius 1 is 1.53 bits per heavy atom. The van der Waals surface area contributed by atoms with Crippen molar-refractivity contribution in [1.82, 2.24) is 4.98 Å². The Morgan fingerprint density at radius 2 is 2.12 bits per heavy atom. The molecule has 0 spiro atoms. The predicted molar refractivity (Wildman–Crippen MR) is 77.8 cm³/mol. The van der Waals surface area contributed by atoms with E-state index in [2.05, 4.69) is 23.7 Å². The zero-order chi connectivity index (χ0) is 13.2. The number of hydrogen-bond acceptors (Lipinski definition) is 3. The lowest BCUT2D eigenvalue weighted by Crippen LogP contribution is -2.31. The molecule has 0 aliphatic heterocycles. The molecule has 0 aliphatic carbocycles. The van der Waals surface area contributed by atoms with E-state index in [0.29, 0.717) is 11.0 Å². The Kier molecular flexibility index (Phi) is 4.46. The predicted octanol–water partition coefficient (Wildman–Crippen LogP) is 2.57. The summed E-state index contributed by atoms with van der Waals surface area (Å²) >= 11 is 5.13. The second-order valence-electron chi connectivity index (χ2n) is 4.51. The van der Waals surface area contributed by atoms with Crippen molar-refractivity contribution in [3.63, 3.8) is 0 Å². The Labute approximate surface area is 109 Å². The summed E-state index contributed by atoms with van der Waals surface area (Å²) in [5.74, 6) is 0.893. The molecule has 0 fully saturated rings. The Bertz CT molecular complexity index is 429. The molecular formula is C13H21N3S. The summed E-state index contributed by atoms with van der Waals surface area (Å²) in [6, 6.07) is 2.43. The first-order chi connectivity index (χ1) is 7.88. The molecule has 1 aromatic rings. The van der Waals surface area contributed by atoms with Gasteiger partial charge in [0.05, 0.1) is 5.56 Å². The molecule has 94 valence electrons. The normalized spacial score (nSPS) is 12.3. The van der Waals surface area contributed by atoms with Crippen LogP contribution in [0.3, 0.4) is 0 Å². The van der Waals surface area contributed by atoms with Crippen LogP contribution in [0, 0.1) is 13.8 Å². The van der Waals surface area contributed by atoms with Crippen molar-refractivity contribution in [2.75, 3.05) is 11.9 Å². The fourth-order valence-corrected chi connectivity index (χ4v) is 2.11. The summed E-state index contributed by atoms with van der Waals surface area (Å²) < 4.78 is 0. The van der Waals surface area contributed by atoms with E-state index in [-0.39, 0.29) is 0 Å². The highest BCUT2D eigenvalue weighted by atomic mass is 32.1. The van der Waals surface area contributed by atoms with Crippen LogP contribution in [0.2, 0.25) is 0 Å². The minimum Gasteiger partial charge on any atom is -0.389 e. The van der Waals surface area contributed by atoms with Crippen LogP contribution in [0.1, 0.15) is 37.1 Å². The first-order valence-electron chi connectivity index (χ1n) is 5.89. The van der Waals surface area contributed by atoms with Gasteiger partial charge in [-0.2, -0.15) is 0 Å².